The number of phenols is 1. The molecule has 0 aliphatic carbocycles. The largest absolute Gasteiger partial charge is 0.504 e. The van der Waals surface area contributed by atoms with E-state index in [0.717, 1.165) is 11.3 Å². The van der Waals surface area contributed by atoms with Gasteiger partial charge in [0.15, 0.2) is 29.0 Å². The molecule has 0 spiro atoms. The topological polar surface area (TPSA) is 84.3 Å². The number of phenolic OH excluding ortho intramolecular Hbond substituents is 1. The van der Waals surface area contributed by atoms with Gasteiger partial charge in [-0.1, -0.05) is 6.07 Å². The van der Waals surface area contributed by atoms with Crippen LogP contribution in [-0.4, -0.2) is 38.4 Å². The summed E-state index contributed by atoms with van der Waals surface area (Å²) in [6.45, 7) is 5.59. The van der Waals surface area contributed by atoms with Crippen LogP contribution in [-0.2, 0) is 6.54 Å². The van der Waals surface area contributed by atoms with Crippen molar-refractivity contribution in [2.75, 3.05) is 32.7 Å². The Labute approximate surface area is 183 Å². The molecule has 0 saturated heterocycles. The molecule has 0 unspecified atom stereocenters. The Balaban J connectivity index is 0.00000392. The van der Waals surface area contributed by atoms with Crippen LogP contribution in [0.3, 0.4) is 0 Å². The molecule has 0 heterocycles. The van der Waals surface area contributed by atoms with Gasteiger partial charge in [-0.2, -0.15) is 0 Å². The highest BCUT2D eigenvalue weighted by Crippen LogP contribution is 2.30. The summed E-state index contributed by atoms with van der Waals surface area (Å²) < 4.78 is 16.0. The van der Waals surface area contributed by atoms with E-state index in [2.05, 4.69) is 15.6 Å². The van der Waals surface area contributed by atoms with E-state index in [4.69, 9.17) is 14.2 Å². The van der Waals surface area contributed by atoms with Gasteiger partial charge < -0.3 is 30.0 Å². The van der Waals surface area contributed by atoms with Gasteiger partial charge in [-0.25, -0.2) is 4.99 Å². The highest BCUT2D eigenvalue weighted by atomic mass is 127. The van der Waals surface area contributed by atoms with E-state index in [1.165, 1.54) is 7.11 Å². The molecule has 0 radical (unpaired) electrons. The summed E-state index contributed by atoms with van der Waals surface area (Å²) in [4.78, 5) is 4.56. The predicted octanol–water partition coefficient (Wildman–Crippen LogP) is 4.00. The third kappa shape index (κ3) is 6.66. The monoisotopic (exact) mass is 501 g/mol. The molecular formula is C20H28IN3O4. The van der Waals surface area contributed by atoms with E-state index in [1.807, 2.05) is 38.1 Å². The minimum atomic E-state index is 0. The van der Waals surface area contributed by atoms with Crippen molar-refractivity contribution in [1.29, 1.82) is 0 Å². The Morgan fingerprint density at radius 3 is 2.32 bits per heavy atom. The number of aliphatic imine (C=N–C) groups is 1. The van der Waals surface area contributed by atoms with Crippen LogP contribution in [0.2, 0.25) is 0 Å². The van der Waals surface area contributed by atoms with Crippen molar-refractivity contribution in [1.82, 2.24) is 5.32 Å². The number of aromatic hydroxyl groups is 1. The van der Waals surface area contributed by atoms with Crippen molar-refractivity contribution in [2.24, 2.45) is 4.99 Å². The number of methoxy groups -OCH3 is 2. The van der Waals surface area contributed by atoms with E-state index < -0.39 is 0 Å². The molecule has 0 fully saturated rings. The van der Waals surface area contributed by atoms with Crippen molar-refractivity contribution < 1.29 is 19.3 Å². The molecule has 154 valence electrons. The maximum Gasteiger partial charge on any atom is 0.196 e. The number of anilines is 1. The lowest BCUT2D eigenvalue weighted by Gasteiger charge is -2.14. The second-order valence-corrected chi connectivity index (χ2v) is 5.63. The fourth-order valence-corrected chi connectivity index (χ4v) is 2.47. The molecule has 8 heteroatoms. The second-order valence-electron chi connectivity index (χ2n) is 5.63. The van der Waals surface area contributed by atoms with Gasteiger partial charge in [0.05, 0.1) is 27.4 Å². The summed E-state index contributed by atoms with van der Waals surface area (Å²) in [6.07, 6.45) is 0. The summed E-state index contributed by atoms with van der Waals surface area (Å²) in [5, 5.41) is 16.3. The predicted molar refractivity (Wildman–Crippen MR) is 123 cm³/mol. The van der Waals surface area contributed by atoms with Crippen molar-refractivity contribution in [3.8, 4) is 23.0 Å². The van der Waals surface area contributed by atoms with Crippen molar-refractivity contribution in [3.05, 3.63) is 42.0 Å². The molecule has 7 nitrogen and oxygen atoms in total. The van der Waals surface area contributed by atoms with E-state index in [9.17, 15) is 5.11 Å². The number of nitrogens with one attached hydrogen (secondary N) is 2. The van der Waals surface area contributed by atoms with Crippen molar-refractivity contribution in [2.45, 2.75) is 20.4 Å². The van der Waals surface area contributed by atoms with E-state index >= 15 is 0 Å². The fraction of sp³-hybridized carbons (Fsp3) is 0.350. The van der Waals surface area contributed by atoms with Crippen molar-refractivity contribution in [3.63, 3.8) is 0 Å². The lowest BCUT2D eigenvalue weighted by atomic mass is 10.2. The summed E-state index contributed by atoms with van der Waals surface area (Å²) >= 11 is 0. The highest BCUT2D eigenvalue weighted by Gasteiger charge is 2.07. The van der Waals surface area contributed by atoms with Gasteiger partial charge in [-0.05, 0) is 43.7 Å². The van der Waals surface area contributed by atoms with Crippen LogP contribution >= 0.6 is 24.0 Å². The van der Waals surface area contributed by atoms with Gasteiger partial charge >= 0.3 is 0 Å². The summed E-state index contributed by atoms with van der Waals surface area (Å²) in [5.41, 5.74) is 1.70. The van der Waals surface area contributed by atoms with E-state index in [0.29, 0.717) is 42.9 Å². The first kappa shape index (κ1) is 23.7. The molecule has 28 heavy (non-hydrogen) atoms. The summed E-state index contributed by atoms with van der Waals surface area (Å²) in [5.74, 6) is 2.51. The van der Waals surface area contributed by atoms with Crippen LogP contribution in [0.4, 0.5) is 5.69 Å². The standard InChI is InChI=1S/C20H27N3O4.HI/c1-5-21-20(22-13-14-7-9-17(25-3)16(24)11-14)23-15-8-10-18(26-4)19(12-15)27-6-2;/h7-12,24H,5-6,13H2,1-4H3,(H2,21,22,23);1H. The first-order valence-electron chi connectivity index (χ1n) is 8.83. The van der Waals surface area contributed by atoms with Crippen LogP contribution in [0.15, 0.2) is 41.4 Å². The number of guanidine groups is 1. The summed E-state index contributed by atoms with van der Waals surface area (Å²) in [6, 6.07) is 10.8. The number of ether oxygens (including phenoxy) is 3. The van der Waals surface area contributed by atoms with Crippen molar-refractivity contribution >= 4 is 35.6 Å². The molecule has 0 amide bonds. The van der Waals surface area contributed by atoms with Gasteiger partial charge in [0, 0.05) is 18.3 Å². The van der Waals surface area contributed by atoms with Gasteiger partial charge in [-0.3, -0.25) is 0 Å². The molecule has 0 aliphatic rings. The average Bonchev–Trinajstić information content (AvgIpc) is 2.67. The molecule has 0 bridgehead atoms. The first-order chi connectivity index (χ1) is 13.1. The van der Waals surface area contributed by atoms with Gasteiger partial charge in [0.2, 0.25) is 0 Å². The van der Waals surface area contributed by atoms with Gasteiger partial charge in [0.1, 0.15) is 0 Å². The average molecular weight is 501 g/mol. The highest BCUT2D eigenvalue weighted by molar-refractivity contribution is 14.0. The minimum Gasteiger partial charge on any atom is -0.504 e. The van der Waals surface area contributed by atoms with Crippen LogP contribution < -0.4 is 24.8 Å². The fourth-order valence-electron chi connectivity index (χ4n) is 2.47. The molecule has 0 atom stereocenters. The smallest absolute Gasteiger partial charge is 0.196 e. The Morgan fingerprint density at radius 1 is 1.00 bits per heavy atom. The number of halogens is 1. The Kier molecular flexibility index (Phi) is 10.3. The van der Waals surface area contributed by atoms with E-state index in [-0.39, 0.29) is 29.7 Å². The number of nitrogens with zero attached hydrogens (tertiary/aromatic N) is 1. The SMILES string of the molecule is CCNC(=NCc1ccc(OC)c(O)c1)Nc1ccc(OC)c(OCC)c1.I. The second kappa shape index (κ2) is 12.2. The lowest BCUT2D eigenvalue weighted by molar-refractivity contribution is 0.311. The molecule has 0 saturated carbocycles. The zero-order valence-corrected chi connectivity index (χ0v) is 18.9. The molecular weight excluding hydrogens is 473 g/mol. The zero-order chi connectivity index (χ0) is 19.6. The van der Waals surface area contributed by atoms with E-state index in [1.54, 1.807) is 19.2 Å². The Hall–Kier alpha value is -2.36. The molecule has 2 rings (SSSR count). The number of hydrogen-bond donors (Lipinski definition) is 3. The van der Waals surface area contributed by atoms with Gasteiger partial charge in [0.25, 0.3) is 0 Å². The summed E-state index contributed by atoms with van der Waals surface area (Å²) in [7, 11) is 3.13. The van der Waals surface area contributed by atoms with Crippen LogP contribution in [0, 0.1) is 0 Å². The zero-order valence-electron chi connectivity index (χ0n) is 16.6. The molecule has 2 aromatic carbocycles. The maximum atomic E-state index is 9.90. The normalized spacial score (nSPS) is 10.6. The number of hydrogen-bond acceptors (Lipinski definition) is 5. The lowest BCUT2D eigenvalue weighted by Crippen LogP contribution is -2.30. The Morgan fingerprint density at radius 2 is 1.71 bits per heavy atom. The quantitative estimate of drug-likeness (QED) is 0.288. The number of rotatable bonds is 8. The van der Waals surface area contributed by atoms with Crippen LogP contribution in [0.5, 0.6) is 23.0 Å². The molecule has 2 aromatic rings. The number of benzene rings is 2. The third-order valence-electron chi connectivity index (χ3n) is 3.73. The van der Waals surface area contributed by atoms with Gasteiger partial charge in [-0.15, -0.1) is 24.0 Å². The maximum absolute atomic E-state index is 9.90. The first-order valence-corrected chi connectivity index (χ1v) is 8.83. The Bertz CT molecular complexity index is 784. The molecule has 3 N–H and O–H groups in total. The minimum absolute atomic E-state index is 0. The van der Waals surface area contributed by atoms with Crippen LogP contribution in [0.1, 0.15) is 19.4 Å². The van der Waals surface area contributed by atoms with Crippen LogP contribution in [0.25, 0.3) is 0 Å². The molecule has 0 aliphatic heterocycles. The third-order valence-corrected chi connectivity index (χ3v) is 3.73. The molecule has 0 aromatic heterocycles.